The Labute approximate surface area is 191 Å². The van der Waals surface area contributed by atoms with Crippen LogP contribution in [-0.4, -0.2) is 69.0 Å². The number of hydrogen-bond acceptors (Lipinski definition) is 6. The lowest BCUT2D eigenvalue weighted by molar-refractivity contribution is -0.147. The third kappa shape index (κ3) is 3.41. The largest absolute Gasteiger partial charge is 0.497 e. The molecule has 3 saturated heterocycles. The second kappa shape index (κ2) is 7.63. The molecule has 3 aliphatic heterocycles. The number of esters is 1. The van der Waals surface area contributed by atoms with Crippen molar-refractivity contribution in [3.8, 4) is 5.75 Å². The van der Waals surface area contributed by atoms with Crippen LogP contribution in [0.15, 0.2) is 24.3 Å². The predicted octanol–water partition coefficient (Wildman–Crippen LogP) is 3.34. The van der Waals surface area contributed by atoms with Crippen LogP contribution in [0.25, 0.3) is 0 Å². The maximum atomic E-state index is 12.9. The van der Waals surface area contributed by atoms with Crippen LogP contribution in [0.3, 0.4) is 0 Å². The van der Waals surface area contributed by atoms with Gasteiger partial charge in [0.05, 0.1) is 25.2 Å². The Morgan fingerprint density at radius 2 is 1.88 bits per heavy atom. The van der Waals surface area contributed by atoms with Crippen LogP contribution in [0, 0.1) is 23.2 Å². The average molecular weight is 441 g/mol. The highest BCUT2D eigenvalue weighted by Gasteiger charge is 2.65. The minimum Gasteiger partial charge on any atom is -0.497 e. The number of ether oxygens (including phenoxy) is 3. The first kappa shape index (κ1) is 20.8. The first-order valence-electron chi connectivity index (χ1n) is 12.5. The summed E-state index contributed by atoms with van der Waals surface area (Å²) in [5.74, 6) is 1.91. The van der Waals surface area contributed by atoms with Gasteiger partial charge in [0, 0.05) is 44.3 Å². The van der Waals surface area contributed by atoms with Gasteiger partial charge >= 0.3 is 5.97 Å². The molecular formula is C26H36N2O4. The molecule has 1 aromatic carbocycles. The molecule has 174 valence electrons. The number of anilines is 1. The van der Waals surface area contributed by atoms with Crippen LogP contribution in [0.1, 0.15) is 39.0 Å². The molecule has 0 bridgehead atoms. The molecule has 0 amide bonds. The van der Waals surface area contributed by atoms with Crippen LogP contribution < -0.4 is 9.64 Å². The second-order valence-electron chi connectivity index (χ2n) is 11.1. The summed E-state index contributed by atoms with van der Waals surface area (Å²) in [6.45, 7) is 8.14. The number of piperazine rings is 1. The zero-order chi connectivity index (χ0) is 21.9. The molecule has 32 heavy (non-hydrogen) atoms. The van der Waals surface area contributed by atoms with Crippen LogP contribution in [0.5, 0.6) is 5.75 Å². The third-order valence-corrected chi connectivity index (χ3v) is 9.34. The van der Waals surface area contributed by atoms with Crippen LogP contribution in [0.2, 0.25) is 0 Å². The smallest absolute Gasteiger partial charge is 0.310 e. The van der Waals surface area contributed by atoms with Gasteiger partial charge in [-0.3, -0.25) is 9.69 Å². The summed E-state index contributed by atoms with van der Waals surface area (Å²) < 4.78 is 17.3. The lowest BCUT2D eigenvalue weighted by atomic mass is 9.53. The van der Waals surface area contributed by atoms with Gasteiger partial charge in [0.2, 0.25) is 0 Å². The molecule has 2 saturated carbocycles. The maximum absolute atomic E-state index is 12.9. The van der Waals surface area contributed by atoms with E-state index in [-0.39, 0.29) is 29.0 Å². The number of hydrogen-bond donors (Lipinski definition) is 0. The lowest BCUT2D eigenvalue weighted by Crippen LogP contribution is -2.52. The first-order chi connectivity index (χ1) is 15.5. The molecule has 3 heterocycles. The fraction of sp³-hybridized carbons (Fsp3) is 0.731. The summed E-state index contributed by atoms with van der Waals surface area (Å²) in [6, 6.07) is 8.31. The zero-order valence-electron chi connectivity index (χ0n) is 19.4. The molecular weight excluding hydrogens is 404 g/mol. The molecule has 0 N–H and O–H groups in total. The minimum atomic E-state index is 0.0230. The van der Waals surface area contributed by atoms with Crippen molar-refractivity contribution in [3.05, 3.63) is 24.3 Å². The molecule has 1 aromatic rings. The molecule has 1 spiro atoms. The van der Waals surface area contributed by atoms with Crippen molar-refractivity contribution in [1.82, 2.24) is 4.90 Å². The first-order valence-corrected chi connectivity index (χ1v) is 12.5. The Balaban J connectivity index is 1.10. The molecule has 6 rings (SSSR count). The topological polar surface area (TPSA) is 54.5 Å². The van der Waals surface area contributed by atoms with Crippen molar-refractivity contribution in [1.29, 1.82) is 0 Å². The number of methoxy groups -OCH3 is 1. The van der Waals surface area contributed by atoms with Crippen molar-refractivity contribution < 1.29 is 19.0 Å². The summed E-state index contributed by atoms with van der Waals surface area (Å²) in [5, 5.41) is 0. The van der Waals surface area contributed by atoms with Gasteiger partial charge in [-0.25, -0.2) is 0 Å². The highest BCUT2D eigenvalue weighted by atomic mass is 16.6. The molecule has 5 aliphatic rings. The highest BCUT2D eigenvalue weighted by molar-refractivity contribution is 5.75. The van der Waals surface area contributed by atoms with E-state index in [1.54, 1.807) is 7.11 Å². The Bertz CT molecular complexity index is 861. The Kier molecular flexibility index (Phi) is 4.95. The number of nitrogens with zero attached hydrogens (tertiary/aromatic N) is 2. The lowest BCUT2D eigenvalue weighted by Gasteiger charge is -2.51. The van der Waals surface area contributed by atoms with E-state index in [1.807, 2.05) is 12.1 Å². The average Bonchev–Trinajstić information content (AvgIpc) is 3.51. The van der Waals surface area contributed by atoms with Gasteiger partial charge in [0.15, 0.2) is 0 Å². The Hall–Kier alpha value is -1.79. The Morgan fingerprint density at radius 3 is 2.56 bits per heavy atom. The van der Waals surface area contributed by atoms with Crippen LogP contribution in [-0.2, 0) is 14.3 Å². The van der Waals surface area contributed by atoms with Crippen molar-refractivity contribution in [3.63, 3.8) is 0 Å². The fourth-order valence-electron chi connectivity index (χ4n) is 7.43. The molecule has 2 aliphatic carbocycles. The Morgan fingerprint density at radius 1 is 1.12 bits per heavy atom. The van der Waals surface area contributed by atoms with E-state index in [2.05, 4.69) is 28.9 Å². The van der Waals surface area contributed by atoms with Gasteiger partial charge in [-0.05, 0) is 67.7 Å². The van der Waals surface area contributed by atoms with Crippen molar-refractivity contribution in [2.24, 2.45) is 23.2 Å². The number of benzene rings is 1. The van der Waals surface area contributed by atoms with Gasteiger partial charge in [-0.1, -0.05) is 6.92 Å². The molecule has 6 heteroatoms. The molecule has 0 aromatic heterocycles. The highest BCUT2D eigenvalue weighted by Crippen LogP contribution is 2.62. The van der Waals surface area contributed by atoms with E-state index in [0.717, 1.165) is 57.9 Å². The molecule has 6 atom stereocenters. The summed E-state index contributed by atoms with van der Waals surface area (Å²) in [6.07, 6.45) is 5.95. The number of rotatable bonds is 4. The second-order valence-corrected chi connectivity index (χ2v) is 11.1. The van der Waals surface area contributed by atoms with Gasteiger partial charge in [0.25, 0.3) is 0 Å². The van der Waals surface area contributed by atoms with E-state index >= 15 is 0 Å². The van der Waals surface area contributed by atoms with Gasteiger partial charge in [-0.2, -0.15) is 0 Å². The van der Waals surface area contributed by atoms with E-state index in [0.29, 0.717) is 11.8 Å². The zero-order valence-corrected chi connectivity index (χ0v) is 19.4. The van der Waals surface area contributed by atoms with Crippen LogP contribution in [0.4, 0.5) is 5.69 Å². The van der Waals surface area contributed by atoms with Gasteiger partial charge in [0.1, 0.15) is 11.9 Å². The predicted molar refractivity (Wildman–Crippen MR) is 122 cm³/mol. The van der Waals surface area contributed by atoms with E-state index < -0.39 is 0 Å². The van der Waals surface area contributed by atoms with Gasteiger partial charge in [-0.15, -0.1) is 0 Å². The molecule has 6 nitrogen and oxygen atoms in total. The van der Waals surface area contributed by atoms with Gasteiger partial charge < -0.3 is 19.1 Å². The van der Waals surface area contributed by atoms with Crippen molar-refractivity contribution in [2.45, 2.75) is 50.7 Å². The number of fused-ring (bicyclic) bond motifs is 3. The monoisotopic (exact) mass is 440 g/mol. The quantitative estimate of drug-likeness (QED) is 0.529. The third-order valence-electron chi connectivity index (χ3n) is 9.34. The van der Waals surface area contributed by atoms with E-state index in [1.165, 1.54) is 24.9 Å². The normalized spacial score (nSPS) is 41.2. The SMILES string of the molecule is COc1ccc(N2CCN(C[C@@H]3C(=O)O[C@@H]4C[C@@]5(C)CCC[C@]6(CO6)[C@H]5C[C@H]34)CC2)cc1. The minimum absolute atomic E-state index is 0.0230. The van der Waals surface area contributed by atoms with Crippen molar-refractivity contribution in [2.75, 3.05) is 51.3 Å². The summed E-state index contributed by atoms with van der Waals surface area (Å²) in [4.78, 5) is 17.8. The summed E-state index contributed by atoms with van der Waals surface area (Å²) in [5.41, 5.74) is 1.64. The number of epoxide rings is 1. The standard InChI is InChI=1S/C26H36N2O4/c1-25-8-3-9-26(17-31-26)23(25)14-20-21(24(29)32-22(20)15-25)16-27-10-12-28(13-11-27)18-4-6-19(30-2)7-5-18/h4-7,20-23H,3,8-17H2,1-2H3/t20-,21+,22-,23+,25-,26+/m1/s1. The molecule has 5 fully saturated rings. The maximum Gasteiger partial charge on any atom is 0.310 e. The summed E-state index contributed by atoms with van der Waals surface area (Å²) in [7, 11) is 1.70. The van der Waals surface area contributed by atoms with E-state index in [9.17, 15) is 4.79 Å². The van der Waals surface area contributed by atoms with Crippen molar-refractivity contribution >= 4 is 11.7 Å². The fourth-order valence-corrected chi connectivity index (χ4v) is 7.43. The molecule has 0 unspecified atom stereocenters. The number of carbonyl (C=O) groups is 1. The van der Waals surface area contributed by atoms with E-state index in [4.69, 9.17) is 14.2 Å². The molecule has 0 radical (unpaired) electrons. The summed E-state index contributed by atoms with van der Waals surface area (Å²) >= 11 is 0. The number of carbonyl (C=O) groups excluding carboxylic acids is 1. The van der Waals surface area contributed by atoms with Crippen LogP contribution >= 0.6 is 0 Å².